The van der Waals surface area contributed by atoms with E-state index in [9.17, 15) is 0 Å². The Labute approximate surface area is 64.2 Å². The zero-order valence-corrected chi connectivity index (χ0v) is 7.27. The van der Waals surface area contributed by atoms with Crippen molar-refractivity contribution in [2.75, 3.05) is 13.1 Å². The summed E-state index contributed by atoms with van der Waals surface area (Å²) in [4.78, 5) is 2.58. The molecule has 1 rings (SSSR count). The van der Waals surface area contributed by atoms with E-state index in [1.54, 1.807) is 0 Å². The molecule has 1 atom stereocenters. The minimum absolute atomic E-state index is 0. The third kappa shape index (κ3) is 1.96. The Hall–Kier alpha value is -0.0800. The van der Waals surface area contributed by atoms with Crippen LogP contribution in [0.3, 0.4) is 0 Å². The molecule has 0 radical (unpaired) electrons. The van der Waals surface area contributed by atoms with Crippen molar-refractivity contribution in [3.05, 3.63) is 0 Å². The van der Waals surface area contributed by atoms with Gasteiger partial charge in [0.1, 0.15) is 0 Å². The molecule has 10 heavy (non-hydrogen) atoms. The third-order valence-electron chi connectivity index (χ3n) is 2.38. The highest BCUT2D eigenvalue weighted by Crippen LogP contribution is 2.18. The molecule has 0 aromatic heterocycles. The lowest BCUT2D eigenvalue weighted by Crippen LogP contribution is -2.28. The summed E-state index contributed by atoms with van der Waals surface area (Å²) in [6.45, 7) is 7.14. The Morgan fingerprint density at radius 1 is 1.40 bits per heavy atom. The second-order valence-electron chi connectivity index (χ2n) is 2.83. The molecule has 2 nitrogen and oxygen atoms in total. The zero-order valence-electron chi connectivity index (χ0n) is 7.27. The van der Waals surface area contributed by atoms with Crippen LogP contribution in [0.15, 0.2) is 0 Å². The van der Waals surface area contributed by atoms with Gasteiger partial charge in [0.15, 0.2) is 0 Å². The second-order valence-corrected chi connectivity index (χ2v) is 2.83. The van der Waals surface area contributed by atoms with Gasteiger partial charge in [-0.3, -0.25) is 0 Å². The summed E-state index contributed by atoms with van der Waals surface area (Å²) >= 11 is 0. The van der Waals surface area contributed by atoms with Gasteiger partial charge in [0.25, 0.3) is 0 Å². The first-order valence-electron chi connectivity index (χ1n) is 4.12. The van der Waals surface area contributed by atoms with Crippen LogP contribution in [-0.4, -0.2) is 24.0 Å². The monoisotopic (exact) mass is 144 g/mol. The van der Waals surface area contributed by atoms with Gasteiger partial charge in [0.2, 0.25) is 0 Å². The molecule has 62 valence electrons. The summed E-state index contributed by atoms with van der Waals surface area (Å²) in [5.41, 5.74) is 0. The summed E-state index contributed by atoms with van der Waals surface area (Å²) < 4.78 is 0. The first-order valence-corrected chi connectivity index (χ1v) is 4.12. The van der Waals surface area contributed by atoms with Gasteiger partial charge >= 0.3 is 0 Å². The number of nitrogens with zero attached hydrogens (tertiary/aromatic N) is 1. The highest BCUT2D eigenvalue weighted by molar-refractivity contribution is 4.76. The Balaban J connectivity index is 0.000000810. The van der Waals surface area contributed by atoms with Gasteiger partial charge < -0.3 is 11.1 Å². The molecule has 0 amide bonds. The largest absolute Gasteiger partial charge is 0.344 e. The molecule has 0 aliphatic carbocycles. The molecule has 2 heteroatoms. The van der Waals surface area contributed by atoms with Crippen molar-refractivity contribution in [2.24, 2.45) is 0 Å². The molecule has 1 fully saturated rings. The molecule has 1 aliphatic heterocycles. The average Bonchev–Trinajstić information content (AvgIpc) is 2.33. The van der Waals surface area contributed by atoms with Gasteiger partial charge in [-0.25, -0.2) is 0 Å². The lowest BCUT2D eigenvalue weighted by atomic mass is 10.2. The summed E-state index contributed by atoms with van der Waals surface area (Å²) in [6, 6.07) is 0.912. The van der Waals surface area contributed by atoms with Crippen LogP contribution in [0.4, 0.5) is 0 Å². The Morgan fingerprint density at radius 3 is 2.50 bits per heavy atom. The quantitative estimate of drug-likeness (QED) is 0.644. The van der Waals surface area contributed by atoms with Gasteiger partial charge in [-0.05, 0) is 32.4 Å². The molecule has 1 aliphatic rings. The third-order valence-corrected chi connectivity index (χ3v) is 2.38. The van der Waals surface area contributed by atoms with Crippen molar-refractivity contribution in [2.45, 2.75) is 39.2 Å². The van der Waals surface area contributed by atoms with E-state index in [-0.39, 0.29) is 6.15 Å². The highest BCUT2D eigenvalue weighted by atomic mass is 15.2. The van der Waals surface area contributed by atoms with Crippen LogP contribution in [0.5, 0.6) is 0 Å². The molecule has 3 N–H and O–H groups in total. The van der Waals surface area contributed by atoms with E-state index in [2.05, 4.69) is 18.7 Å². The number of likely N-dealkylation sites (tertiary alicyclic amines) is 1. The van der Waals surface area contributed by atoms with Crippen LogP contribution >= 0.6 is 0 Å². The molecule has 0 bridgehead atoms. The molecule has 0 aromatic rings. The van der Waals surface area contributed by atoms with Gasteiger partial charge in [0.05, 0.1) is 0 Å². The Kier molecular flexibility index (Phi) is 4.65. The highest BCUT2D eigenvalue weighted by Gasteiger charge is 2.20. The predicted molar refractivity (Wildman–Crippen MR) is 45.6 cm³/mol. The summed E-state index contributed by atoms with van der Waals surface area (Å²) in [5.74, 6) is 0. The van der Waals surface area contributed by atoms with E-state index < -0.39 is 0 Å². The van der Waals surface area contributed by atoms with E-state index in [4.69, 9.17) is 0 Å². The lowest BCUT2D eigenvalue weighted by molar-refractivity contribution is 0.262. The van der Waals surface area contributed by atoms with E-state index in [0.29, 0.717) is 0 Å². The molecular formula is C8H20N2. The molecule has 1 saturated heterocycles. The van der Waals surface area contributed by atoms with Crippen LogP contribution < -0.4 is 6.15 Å². The predicted octanol–water partition coefficient (Wildman–Crippen LogP) is 2.04. The fraction of sp³-hybridized carbons (Fsp3) is 1.00. The van der Waals surface area contributed by atoms with Crippen molar-refractivity contribution < 1.29 is 0 Å². The summed E-state index contributed by atoms with van der Waals surface area (Å²) in [5, 5.41) is 0. The minimum Gasteiger partial charge on any atom is -0.344 e. The van der Waals surface area contributed by atoms with Crippen LogP contribution in [0.1, 0.15) is 33.1 Å². The number of hydrogen-bond donors (Lipinski definition) is 1. The maximum absolute atomic E-state index is 2.58. The summed E-state index contributed by atoms with van der Waals surface area (Å²) in [6.07, 6.45) is 4.20. The van der Waals surface area contributed by atoms with Crippen LogP contribution in [0.2, 0.25) is 0 Å². The number of rotatable bonds is 2. The Morgan fingerprint density at radius 2 is 2.10 bits per heavy atom. The van der Waals surface area contributed by atoms with E-state index in [1.807, 2.05) is 0 Å². The molecule has 1 heterocycles. The standard InChI is InChI=1S/C8H17N.H3N/c1-3-8-6-5-7-9(8)4-2;/h8H,3-7H2,1-2H3;1H3. The van der Waals surface area contributed by atoms with E-state index >= 15 is 0 Å². The molecule has 0 spiro atoms. The van der Waals surface area contributed by atoms with E-state index in [1.165, 1.54) is 32.4 Å². The van der Waals surface area contributed by atoms with Crippen molar-refractivity contribution in [3.63, 3.8) is 0 Å². The first-order chi connectivity index (χ1) is 4.38. The van der Waals surface area contributed by atoms with Gasteiger partial charge in [-0.2, -0.15) is 0 Å². The van der Waals surface area contributed by atoms with Crippen molar-refractivity contribution in [1.29, 1.82) is 0 Å². The van der Waals surface area contributed by atoms with Crippen LogP contribution in [-0.2, 0) is 0 Å². The molecule has 1 unspecified atom stereocenters. The van der Waals surface area contributed by atoms with E-state index in [0.717, 1.165) is 6.04 Å². The zero-order chi connectivity index (χ0) is 6.69. The van der Waals surface area contributed by atoms with Gasteiger partial charge in [-0.1, -0.05) is 13.8 Å². The number of hydrogen-bond acceptors (Lipinski definition) is 2. The van der Waals surface area contributed by atoms with Crippen LogP contribution in [0.25, 0.3) is 0 Å². The summed E-state index contributed by atoms with van der Waals surface area (Å²) in [7, 11) is 0. The van der Waals surface area contributed by atoms with Crippen molar-refractivity contribution in [3.8, 4) is 0 Å². The van der Waals surface area contributed by atoms with Crippen molar-refractivity contribution in [1.82, 2.24) is 11.1 Å². The fourth-order valence-corrected chi connectivity index (χ4v) is 1.77. The molecule has 0 aromatic carbocycles. The first kappa shape index (κ1) is 9.92. The SMILES string of the molecule is CCC1CCCN1CC.N. The normalized spacial score (nSPS) is 26.4. The van der Waals surface area contributed by atoms with Gasteiger partial charge in [-0.15, -0.1) is 0 Å². The maximum Gasteiger partial charge on any atom is 0.00929 e. The average molecular weight is 144 g/mol. The van der Waals surface area contributed by atoms with Crippen LogP contribution in [0, 0.1) is 0 Å². The molecular weight excluding hydrogens is 124 g/mol. The fourth-order valence-electron chi connectivity index (χ4n) is 1.77. The Bertz CT molecular complexity index is 73.3. The molecule has 0 saturated carbocycles. The topological polar surface area (TPSA) is 38.2 Å². The smallest absolute Gasteiger partial charge is 0.00929 e. The lowest BCUT2D eigenvalue weighted by Gasteiger charge is -2.20. The maximum atomic E-state index is 2.58. The van der Waals surface area contributed by atoms with Gasteiger partial charge in [0, 0.05) is 6.04 Å². The van der Waals surface area contributed by atoms with Crippen molar-refractivity contribution >= 4 is 0 Å². The minimum atomic E-state index is 0. The second kappa shape index (κ2) is 4.69.